The molecule has 0 fully saturated rings. The van der Waals surface area contributed by atoms with E-state index < -0.39 is 0 Å². The number of aromatic nitrogens is 2. The molecule has 0 aromatic carbocycles. The standard InChI is InChI=1S/C10H17N3O2/c1-2-15-10(14)4-3-5-11-8-9-12-6-7-13-9/h6-7,11H,2-5,8H2,1H3,(H,12,13). The van der Waals surface area contributed by atoms with Crippen LogP contribution >= 0.6 is 0 Å². The van der Waals surface area contributed by atoms with Gasteiger partial charge >= 0.3 is 5.97 Å². The van der Waals surface area contributed by atoms with Crippen LogP contribution in [0.2, 0.25) is 0 Å². The summed E-state index contributed by atoms with van der Waals surface area (Å²) in [7, 11) is 0. The summed E-state index contributed by atoms with van der Waals surface area (Å²) in [6.45, 7) is 3.76. The molecule has 2 N–H and O–H groups in total. The first-order chi connectivity index (χ1) is 7.33. The van der Waals surface area contributed by atoms with E-state index in [1.54, 1.807) is 12.4 Å². The maximum atomic E-state index is 11.0. The van der Waals surface area contributed by atoms with Gasteiger partial charge in [-0.15, -0.1) is 0 Å². The van der Waals surface area contributed by atoms with Gasteiger partial charge in [-0.1, -0.05) is 0 Å². The average molecular weight is 211 g/mol. The molecule has 0 saturated carbocycles. The van der Waals surface area contributed by atoms with E-state index in [9.17, 15) is 4.79 Å². The highest BCUT2D eigenvalue weighted by atomic mass is 16.5. The Hall–Kier alpha value is -1.36. The van der Waals surface area contributed by atoms with Gasteiger partial charge in [-0.05, 0) is 19.9 Å². The summed E-state index contributed by atoms with van der Waals surface area (Å²) in [5.41, 5.74) is 0. The molecule has 0 radical (unpaired) electrons. The molecule has 0 saturated heterocycles. The van der Waals surface area contributed by atoms with Crippen LogP contribution in [0.25, 0.3) is 0 Å². The van der Waals surface area contributed by atoms with Crippen LogP contribution in [0.3, 0.4) is 0 Å². The number of hydrogen-bond acceptors (Lipinski definition) is 4. The van der Waals surface area contributed by atoms with Crippen LogP contribution in [-0.2, 0) is 16.1 Å². The Morgan fingerprint density at radius 1 is 1.67 bits per heavy atom. The third kappa shape index (κ3) is 5.17. The molecule has 0 aliphatic heterocycles. The molecule has 1 aromatic rings. The second kappa shape index (κ2) is 7.00. The normalized spacial score (nSPS) is 10.2. The highest BCUT2D eigenvalue weighted by Crippen LogP contribution is 1.92. The molecule has 0 spiro atoms. The van der Waals surface area contributed by atoms with Crippen molar-refractivity contribution in [2.75, 3.05) is 13.2 Å². The average Bonchev–Trinajstić information content (AvgIpc) is 2.70. The van der Waals surface area contributed by atoms with Crippen LogP contribution in [0.1, 0.15) is 25.6 Å². The second-order valence-corrected chi connectivity index (χ2v) is 3.12. The second-order valence-electron chi connectivity index (χ2n) is 3.12. The quantitative estimate of drug-likeness (QED) is 0.518. The Balaban J connectivity index is 1.95. The number of nitrogens with zero attached hydrogens (tertiary/aromatic N) is 1. The molecule has 84 valence electrons. The summed E-state index contributed by atoms with van der Waals surface area (Å²) in [5, 5.41) is 3.18. The molecule has 0 unspecified atom stereocenters. The number of aromatic amines is 1. The van der Waals surface area contributed by atoms with Crippen molar-refractivity contribution in [1.29, 1.82) is 0 Å². The lowest BCUT2D eigenvalue weighted by Gasteiger charge is -2.02. The summed E-state index contributed by atoms with van der Waals surface area (Å²) >= 11 is 0. The molecular formula is C10H17N3O2. The number of nitrogens with one attached hydrogen (secondary N) is 2. The molecule has 0 aliphatic carbocycles. The number of imidazole rings is 1. The molecule has 0 atom stereocenters. The Kier molecular flexibility index (Phi) is 5.47. The number of H-pyrrole nitrogens is 1. The van der Waals surface area contributed by atoms with Crippen molar-refractivity contribution in [1.82, 2.24) is 15.3 Å². The predicted octanol–water partition coefficient (Wildman–Crippen LogP) is 0.843. The van der Waals surface area contributed by atoms with E-state index in [0.717, 1.165) is 18.8 Å². The van der Waals surface area contributed by atoms with Gasteiger partial charge in [0.2, 0.25) is 0 Å². The van der Waals surface area contributed by atoms with Crippen LogP contribution < -0.4 is 5.32 Å². The highest BCUT2D eigenvalue weighted by Gasteiger charge is 2.00. The van der Waals surface area contributed by atoms with Gasteiger partial charge in [0, 0.05) is 18.8 Å². The molecule has 1 rings (SSSR count). The molecule has 0 amide bonds. The van der Waals surface area contributed by atoms with E-state index in [4.69, 9.17) is 4.74 Å². The number of ether oxygens (including phenoxy) is 1. The van der Waals surface area contributed by atoms with E-state index in [1.165, 1.54) is 0 Å². The highest BCUT2D eigenvalue weighted by molar-refractivity contribution is 5.69. The van der Waals surface area contributed by atoms with Crippen molar-refractivity contribution in [3.63, 3.8) is 0 Å². The van der Waals surface area contributed by atoms with Crippen molar-refractivity contribution in [2.24, 2.45) is 0 Å². The van der Waals surface area contributed by atoms with E-state index >= 15 is 0 Å². The molecule has 5 nitrogen and oxygen atoms in total. The van der Waals surface area contributed by atoms with Gasteiger partial charge < -0.3 is 15.0 Å². The first kappa shape index (κ1) is 11.7. The Labute approximate surface area is 89.2 Å². The molecule has 0 aliphatic rings. The number of carbonyl (C=O) groups is 1. The van der Waals surface area contributed by atoms with Gasteiger partial charge in [0.05, 0.1) is 13.2 Å². The smallest absolute Gasteiger partial charge is 0.305 e. The third-order valence-corrected chi connectivity index (χ3v) is 1.89. The Bertz CT molecular complexity index is 272. The van der Waals surface area contributed by atoms with Crippen LogP contribution in [0.15, 0.2) is 12.4 Å². The topological polar surface area (TPSA) is 67.0 Å². The molecule has 1 aromatic heterocycles. The SMILES string of the molecule is CCOC(=O)CCCNCc1ncc[nH]1. The zero-order valence-electron chi connectivity index (χ0n) is 8.95. The van der Waals surface area contributed by atoms with Gasteiger partial charge in [0.25, 0.3) is 0 Å². The zero-order valence-corrected chi connectivity index (χ0v) is 8.95. The van der Waals surface area contributed by atoms with Crippen molar-refractivity contribution in [2.45, 2.75) is 26.3 Å². The maximum Gasteiger partial charge on any atom is 0.305 e. The van der Waals surface area contributed by atoms with Gasteiger partial charge in [0.1, 0.15) is 5.82 Å². The fourth-order valence-electron chi connectivity index (χ4n) is 1.19. The number of esters is 1. The fourth-order valence-corrected chi connectivity index (χ4v) is 1.19. The predicted molar refractivity (Wildman–Crippen MR) is 56.2 cm³/mol. The molecule has 15 heavy (non-hydrogen) atoms. The van der Waals surface area contributed by atoms with Crippen LogP contribution in [0.4, 0.5) is 0 Å². The summed E-state index contributed by atoms with van der Waals surface area (Å²) in [5.74, 6) is 0.781. The van der Waals surface area contributed by atoms with E-state index in [-0.39, 0.29) is 5.97 Å². The van der Waals surface area contributed by atoms with E-state index in [0.29, 0.717) is 19.6 Å². The summed E-state index contributed by atoms with van der Waals surface area (Å²) in [4.78, 5) is 18.0. The minimum Gasteiger partial charge on any atom is -0.466 e. The largest absolute Gasteiger partial charge is 0.466 e. The number of carbonyl (C=O) groups excluding carboxylic acids is 1. The lowest BCUT2D eigenvalue weighted by Crippen LogP contribution is -2.17. The van der Waals surface area contributed by atoms with Crippen molar-refractivity contribution in [3.05, 3.63) is 18.2 Å². The minimum atomic E-state index is -0.128. The number of hydrogen-bond donors (Lipinski definition) is 2. The molecule has 0 bridgehead atoms. The van der Waals surface area contributed by atoms with Gasteiger partial charge in [-0.2, -0.15) is 0 Å². The Morgan fingerprint density at radius 3 is 3.20 bits per heavy atom. The first-order valence-electron chi connectivity index (χ1n) is 5.17. The summed E-state index contributed by atoms with van der Waals surface area (Å²) in [6.07, 6.45) is 4.77. The molecular weight excluding hydrogens is 194 g/mol. The zero-order chi connectivity index (χ0) is 10.9. The maximum absolute atomic E-state index is 11.0. The number of rotatable bonds is 7. The van der Waals surface area contributed by atoms with Crippen LogP contribution in [0, 0.1) is 0 Å². The van der Waals surface area contributed by atoms with Crippen molar-refractivity contribution in [3.8, 4) is 0 Å². The lowest BCUT2D eigenvalue weighted by molar-refractivity contribution is -0.143. The minimum absolute atomic E-state index is 0.128. The monoisotopic (exact) mass is 211 g/mol. The summed E-state index contributed by atoms with van der Waals surface area (Å²) in [6, 6.07) is 0. The third-order valence-electron chi connectivity index (χ3n) is 1.89. The van der Waals surface area contributed by atoms with E-state index in [2.05, 4.69) is 15.3 Å². The summed E-state index contributed by atoms with van der Waals surface area (Å²) < 4.78 is 4.81. The first-order valence-corrected chi connectivity index (χ1v) is 5.17. The fraction of sp³-hybridized carbons (Fsp3) is 0.600. The van der Waals surface area contributed by atoms with Crippen LogP contribution in [0.5, 0.6) is 0 Å². The molecule has 5 heteroatoms. The Morgan fingerprint density at radius 2 is 2.53 bits per heavy atom. The molecule has 1 heterocycles. The van der Waals surface area contributed by atoms with Crippen molar-refractivity contribution < 1.29 is 9.53 Å². The van der Waals surface area contributed by atoms with Gasteiger partial charge in [-0.25, -0.2) is 4.98 Å². The van der Waals surface area contributed by atoms with Crippen LogP contribution in [-0.4, -0.2) is 29.1 Å². The van der Waals surface area contributed by atoms with Gasteiger partial charge in [0.15, 0.2) is 0 Å². The van der Waals surface area contributed by atoms with E-state index in [1.807, 2.05) is 6.92 Å². The van der Waals surface area contributed by atoms with Crippen molar-refractivity contribution >= 4 is 5.97 Å². The lowest BCUT2D eigenvalue weighted by atomic mass is 10.3. The van der Waals surface area contributed by atoms with Gasteiger partial charge in [-0.3, -0.25) is 4.79 Å².